The lowest BCUT2D eigenvalue weighted by Gasteiger charge is -2.50. The summed E-state index contributed by atoms with van der Waals surface area (Å²) in [6.07, 6.45) is -3.61. The molecule has 3 aromatic rings. The predicted octanol–water partition coefficient (Wildman–Crippen LogP) is 3.35. The van der Waals surface area contributed by atoms with Crippen LogP contribution in [0.1, 0.15) is 28.4 Å². The van der Waals surface area contributed by atoms with Crippen molar-refractivity contribution in [1.82, 2.24) is 19.7 Å². The minimum absolute atomic E-state index is 0.0665. The second-order valence-electron chi connectivity index (χ2n) is 7.89. The van der Waals surface area contributed by atoms with Crippen LogP contribution in [0.4, 0.5) is 22.0 Å². The van der Waals surface area contributed by atoms with E-state index in [0.29, 0.717) is 6.07 Å². The number of aromatic nitrogens is 3. The Morgan fingerprint density at radius 1 is 1.21 bits per heavy atom. The van der Waals surface area contributed by atoms with Gasteiger partial charge in [-0.2, -0.15) is 18.3 Å². The molecule has 2 aromatic carbocycles. The molecule has 1 aromatic heterocycles. The van der Waals surface area contributed by atoms with E-state index >= 15 is 0 Å². The van der Waals surface area contributed by atoms with Crippen molar-refractivity contribution in [1.29, 1.82) is 0 Å². The van der Waals surface area contributed by atoms with Gasteiger partial charge in [-0.25, -0.2) is 18.4 Å². The highest BCUT2D eigenvalue weighted by atomic mass is 19.4. The van der Waals surface area contributed by atoms with Gasteiger partial charge in [-0.1, -0.05) is 6.07 Å². The van der Waals surface area contributed by atoms with Crippen molar-refractivity contribution in [2.24, 2.45) is 0 Å². The predicted molar refractivity (Wildman–Crippen MR) is 107 cm³/mol. The van der Waals surface area contributed by atoms with E-state index in [0.717, 1.165) is 36.4 Å². The van der Waals surface area contributed by atoms with Crippen molar-refractivity contribution in [3.8, 4) is 0 Å². The second-order valence-corrected chi connectivity index (χ2v) is 7.89. The molecule has 2 unspecified atom stereocenters. The lowest BCUT2D eigenvalue weighted by Crippen LogP contribution is -2.63. The number of morpholine rings is 1. The molecule has 1 saturated heterocycles. The number of carbonyl (C=O) groups excluding carboxylic acids is 1. The van der Waals surface area contributed by atoms with Crippen molar-refractivity contribution >= 4 is 5.91 Å². The number of ether oxygens (including phenoxy) is 1. The maximum atomic E-state index is 15.0. The summed E-state index contributed by atoms with van der Waals surface area (Å²) >= 11 is 0. The van der Waals surface area contributed by atoms with E-state index in [1.807, 2.05) is 0 Å². The number of nitrogens with zero attached hydrogens (tertiary/aromatic N) is 4. The molecule has 1 aliphatic heterocycles. The van der Waals surface area contributed by atoms with Crippen LogP contribution in [0.3, 0.4) is 0 Å². The molecule has 1 amide bonds. The van der Waals surface area contributed by atoms with Crippen molar-refractivity contribution < 1.29 is 36.6 Å². The summed E-state index contributed by atoms with van der Waals surface area (Å²) in [6.45, 7) is 1.00. The summed E-state index contributed by atoms with van der Waals surface area (Å²) in [4.78, 5) is 18.3. The number of halogens is 5. The Kier molecular flexibility index (Phi) is 6.13. The molecule has 0 aliphatic carbocycles. The number of benzene rings is 2. The van der Waals surface area contributed by atoms with Crippen LogP contribution in [0.5, 0.6) is 0 Å². The van der Waals surface area contributed by atoms with E-state index in [1.165, 1.54) is 29.2 Å². The van der Waals surface area contributed by atoms with Gasteiger partial charge >= 0.3 is 6.18 Å². The number of aliphatic hydroxyl groups is 1. The molecular formula is C22H19F5N4O3. The first-order chi connectivity index (χ1) is 16.0. The molecule has 0 spiro atoms. The highest BCUT2D eigenvalue weighted by molar-refractivity contribution is 5.94. The minimum atomic E-state index is -4.57. The third kappa shape index (κ3) is 4.38. The summed E-state index contributed by atoms with van der Waals surface area (Å²) < 4.78 is 74.4. The highest BCUT2D eigenvalue weighted by Crippen LogP contribution is 2.40. The average molecular weight is 482 g/mol. The Balaban J connectivity index is 1.76. The summed E-state index contributed by atoms with van der Waals surface area (Å²) in [7, 11) is 0. The van der Waals surface area contributed by atoms with Gasteiger partial charge in [-0.3, -0.25) is 4.79 Å². The monoisotopic (exact) mass is 482 g/mol. The largest absolute Gasteiger partial charge is 0.416 e. The van der Waals surface area contributed by atoms with E-state index < -0.39 is 47.2 Å². The fourth-order valence-corrected chi connectivity index (χ4v) is 4.11. The highest BCUT2D eigenvalue weighted by Gasteiger charge is 2.51. The van der Waals surface area contributed by atoms with E-state index in [-0.39, 0.29) is 24.2 Å². The lowest BCUT2D eigenvalue weighted by molar-refractivity contribution is -0.255. The van der Waals surface area contributed by atoms with Crippen LogP contribution in [0.2, 0.25) is 0 Å². The van der Waals surface area contributed by atoms with Crippen molar-refractivity contribution in [2.45, 2.75) is 37.6 Å². The Bertz CT molecular complexity index is 1170. The Hall–Kier alpha value is -3.38. The molecular weight excluding hydrogens is 463 g/mol. The van der Waals surface area contributed by atoms with E-state index in [9.17, 15) is 31.9 Å². The van der Waals surface area contributed by atoms with E-state index in [2.05, 4.69) is 10.1 Å². The van der Waals surface area contributed by atoms with Crippen LogP contribution in [-0.4, -0.2) is 49.6 Å². The van der Waals surface area contributed by atoms with Gasteiger partial charge in [0.2, 0.25) is 0 Å². The van der Waals surface area contributed by atoms with Crippen molar-refractivity contribution in [2.75, 3.05) is 6.54 Å². The molecule has 0 saturated carbocycles. The summed E-state index contributed by atoms with van der Waals surface area (Å²) in [6, 6.07) is 5.45. The third-order valence-corrected chi connectivity index (χ3v) is 5.81. The van der Waals surface area contributed by atoms with Crippen LogP contribution >= 0.6 is 0 Å². The van der Waals surface area contributed by atoms with Gasteiger partial charge < -0.3 is 14.7 Å². The number of amides is 1. The van der Waals surface area contributed by atoms with Gasteiger partial charge in [-0.15, -0.1) is 0 Å². The first-order valence-electron chi connectivity index (χ1n) is 10.1. The Morgan fingerprint density at radius 3 is 2.50 bits per heavy atom. The number of carbonyl (C=O) groups is 1. The quantitative estimate of drug-likeness (QED) is 0.577. The fraction of sp³-hybridized carbons (Fsp3) is 0.318. The molecule has 1 fully saturated rings. The third-order valence-electron chi connectivity index (χ3n) is 5.81. The minimum Gasteiger partial charge on any atom is -0.366 e. The number of hydrogen-bond donors (Lipinski definition) is 1. The van der Waals surface area contributed by atoms with Crippen LogP contribution in [0.25, 0.3) is 0 Å². The van der Waals surface area contributed by atoms with Crippen LogP contribution in [0.15, 0.2) is 55.1 Å². The van der Waals surface area contributed by atoms with Gasteiger partial charge in [0, 0.05) is 17.2 Å². The molecule has 0 radical (unpaired) electrons. The lowest BCUT2D eigenvalue weighted by atomic mass is 9.83. The molecule has 1 N–H and O–H groups in total. The molecule has 180 valence electrons. The van der Waals surface area contributed by atoms with Crippen LogP contribution < -0.4 is 0 Å². The van der Waals surface area contributed by atoms with Gasteiger partial charge in [0.15, 0.2) is 6.29 Å². The topological polar surface area (TPSA) is 80.5 Å². The average Bonchev–Trinajstić information content (AvgIpc) is 3.28. The summed E-state index contributed by atoms with van der Waals surface area (Å²) in [5, 5.41) is 14.5. The molecule has 7 nitrogen and oxygen atoms in total. The van der Waals surface area contributed by atoms with E-state index in [4.69, 9.17) is 4.74 Å². The Labute approximate surface area is 190 Å². The Morgan fingerprint density at radius 2 is 1.91 bits per heavy atom. The molecule has 12 heteroatoms. The zero-order valence-electron chi connectivity index (χ0n) is 17.7. The van der Waals surface area contributed by atoms with Crippen LogP contribution in [0, 0.1) is 11.6 Å². The van der Waals surface area contributed by atoms with Crippen molar-refractivity contribution in [3.05, 3.63) is 83.4 Å². The molecule has 34 heavy (non-hydrogen) atoms. The molecule has 0 bridgehead atoms. The summed E-state index contributed by atoms with van der Waals surface area (Å²) in [5.74, 6) is -2.50. The number of rotatable bonds is 4. The number of hydrogen-bond acceptors (Lipinski definition) is 5. The zero-order chi connectivity index (χ0) is 24.7. The standard InChI is InChI=1S/C22H19F5N4O3/c1-13-21(10-30-12-28-11-29-30,17-7-6-16(23)8-18(17)24)34-19(32)9-31(13)20(33)14-2-4-15(5-3-14)22(25,26)27/h2-8,11-13,19,32H,9-10H2,1H3/t13?,19?,21-/m1/s1. The van der Waals surface area contributed by atoms with E-state index in [1.54, 1.807) is 0 Å². The molecule has 1 aliphatic rings. The van der Waals surface area contributed by atoms with Crippen LogP contribution in [-0.2, 0) is 23.1 Å². The second kappa shape index (κ2) is 8.76. The molecule has 2 heterocycles. The maximum Gasteiger partial charge on any atom is 0.416 e. The first-order valence-corrected chi connectivity index (χ1v) is 10.1. The number of aliphatic hydroxyl groups excluding tert-OH is 1. The smallest absolute Gasteiger partial charge is 0.366 e. The maximum absolute atomic E-state index is 15.0. The first kappa shape index (κ1) is 23.8. The zero-order valence-corrected chi connectivity index (χ0v) is 17.7. The van der Waals surface area contributed by atoms with Gasteiger partial charge in [0.1, 0.15) is 29.9 Å². The van der Waals surface area contributed by atoms with Gasteiger partial charge in [0.25, 0.3) is 5.91 Å². The number of β-amino-alcohol motifs (C(OH)–C–C–N with tert-alkyl or cyclic N) is 1. The molecule has 4 rings (SSSR count). The normalized spacial score (nSPS) is 23.2. The van der Waals surface area contributed by atoms with Crippen molar-refractivity contribution in [3.63, 3.8) is 0 Å². The fourth-order valence-electron chi connectivity index (χ4n) is 4.11. The van der Waals surface area contributed by atoms with Gasteiger partial charge in [-0.05, 0) is 37.3 Å². The SMILES string of the molecule is CC1N(C(=O)c2ccc(C(F)(F)F)cc2)CC(O)O[C@@]1(Cn1cncn1)c1ccc(F)cc1F. The summed E-state index contributed by atoms with van der Waals surface area (Å²) in [5.41, 5.74) is -2.86. The van der Waals surface area contributed by atoms with Gasteiger partial charge in [0.05, 0.1) is 24.7 Å². The number of alkyl halides is 3. The molecule has 3 atom stereocenters.